The molecule has 3 aromatic rings. The average molecular weight is 530 g/mol. The zero-order valence-electron chi connectivity index (χ0n) is 21.1. The normalized spacial score (nSPS) is 13.2. The zero-order chi connectivity index (χ0) is 27.9. The van der Waals surface area contributed by atoms with Crippen LogP contribution >= 0.6 is 0 Å². The summed E-state index contributed by atoms with van der Waals surface area (Å²) in [6.45, 7) is 3.72. The van der Waals surface area contributed by atoms with Crippen molar-refractivity contribution in [1.82, 2.24) is 10.3 Å². The lowest BCUT2D eigenvalue weighted by molar-refractivity contribution is -0.138. The van der Waals surface area contributed by atoms with Crippen LogP contribution in [0.2, 0.25) is 0 Å². The van der Waals surface area contributed by atoms with Crippen molar-refractivity contribution in [3.63, 3.8) is 0 Å². The van der Waals surface area contributed by atoms with Gasteiger partial charge in [0, 0.05) is 24.2 Å². The van der Waals surface area contributed by atoms with E-state index in [2.05, 4.69) is 16.4 Å². The molecule has 0 radical (unpaired) electrons. The van der Waals surface area contributed by atoms with Crippen LogP contribution in [0.25, 0.3) is 0 Å². The van der Waals surface area contributed by atoms with E-state index in [9.17, 15) is 27.6 Å². The van der Waals surface area contributed by atoms with Crippen molar-refractivity contribution in [2.75, 3.05) is 6.86 Å². The highest BCUT2D eigenvalue weighted by atomic mass is 19.4. The van der Waals surface area contributed by atoms with E-state index in [-0.39, 0.29) is 11.8 Å². The number of aromatic nitrogens is 1. The van der Waals surface area contributed by atoms with Crippen molar-refractivity contribution in [1.29, 1.82) is 5.26 Å². The van der Waals surface area contributed by atoms with Gasteiger partial charge < -0.3 is 14.8 Å². The molecule has 1 aromatic heterocycles. The smallest absolute Gasteiger partial charge is 0.416 e. The van der Waals surface area contributed by atoms with Gasteiger partial charge in [0.05, 0.1) is 17.2 Å². The van der Waals surface area contributed by atoms with Crippen LogP contribution in [0.5, 0.6) is 11.6 Å². The fraction of sp³-hybridized carbons (Fsp3) is 0.321. The number of rotatable bonds is 10. The summed E-state index contributed by atoms with van der Waals surface area (Å²) in [5.41, 5.74) is -0.340. The van der Waals surface area contributed by atoms with Crippen LogP contribution < -0.4 is 14.8 Å². The van der Waals surface area contributed by atoms with Gasteiger partial charge in [0.15, 0.2) is 5.60 Å². The Morgan fingerprint density at radius 2 is 1.82 bits per heavy atom. The third-order valence-electron chi connectivity index (χ3n) is 5.98. The van der Waals surface area contributed by atoms with E-state index in [0.717, 1.165) is 29.5 Å². The summed E-state index contributed by atoms with van der Waals surface area (Å²) in [6.07, 6.45) is -3.15. The lowest BCUT2D eigenvalue weighted by Crippen LogP contribution is -2.51. The minimum atomic E-state index is -4.58. The molecule has 1 heterocycles. The number of nitrogens with zero attached hydrogens (tertiary/aromatic N) is 2. The number of nitriles is 1. The summed E-state index contributed by atoms with van der Waals surface area (Å²) in [7, 11) is 0. The zero-order valence-corrected chi connectivity index (χ0v) is 21.1. The Kier molecular flexibility index (Phi) is 8.94. The van der Waals surface area contributed by atoms with E-state index in [1.807, 2.05) is 6.07 Å². The summed E-state index contributed by atoms with van der Waals surface area (Å²) < 4.78 is 62.1. The molecule has 0 saturated carbocycles. The van der Waals surface area contributed by atoms with Crippen molar-refractivity contribution in [3.05, 3.63) is 89.1 Å². The number of carbonyl (C=O) groups excluding carboxylic acids is 1. The van der Waals surface area contributed by atoms with Crippen LogP contribution in [-0.4, -0.2) is 29.4 Å². The molecule has 1 amide bonds. The Bertz CT molecular complexity index is 1290. The summed E-state index contributed by atoms with van der Waals surface area (Å²) in [4.78, 5) is 17.0. The van der Waals surface area contributed by atoms with Gasteiger partial charge in [-0.15, -0.1) is 0 Å². The second kappa shape index (κ2) is 11.9. The predicted octanol–water partition coefficient (Wildman–Crippen LogP) is 5.97. The molecule has 0 fully saturated rings. The van der Waals surface area contributed by atoms with E-state index >= 15 is 0 Å². The number of ether oxygens (including phenoxy) is 2. The maximum absolute atomic E-state index is 13.2. The van der Waals surface area contributed by atoms with Crippen LogP contribution in [0.1, 0.15) is 48.9 Å². The number of benzene rings is 2. The molecule has 3 rings (SSSR count). The molecule has 0 aliphatic heterocycles. The molecule has 10 heteroatoms. The van der Waals surface area contributed by atoms with E-state index in [4.69, 9.17) is 9.47 Å². The number of hydrogen-bond acceptors (Lipinski definition) is 5. The van der Waals surface area contributed by atoms with Crippen molar-refractivity contribution in [3.8, 4) is 17.7 Å². The van der Waals surface area contributed by atoms with Gasteiger partial charge >= 0.3 is 6.18 Å². The minimum Gasteiger partial charge on any atom is -0.463 e. The molecular formula is C28H27F4N3O3. The van der Waals surface area contributed by atoms with Crippen molar-refractivity contribution < 1.29 is 31.8 Å². The van der Waals surface area contributed by atoms with Gasteiger partial charge in [0.25, 0.3) is 5.91 Å². The van der Waals surface area contributed by atoms with Crippen LogP contribution in [0.15, 0.2) is 66.9 Å². The second-order valence-electron chi connectivity index (χ2n) is 9.20. The Hall–Kier alpha value is -4.13. The van der Waals surface area contributed by atoms with Crippen molar-refractivity contribution >= 4 is 5.91 Å². The third kappa shape index (κ3) is 7.44. The predicted molar refractivity (Wildman–Crippen MR) is 132 cm³/mol. The molecular weight excluding hydrogens is 502 g/mol. The molecule has 2 aromatic carbocycles. The summed E-state index contributed by atoms with van der Waals surface area (Å²) in [5, 5.41) is 12.3. The van der Waals surface area contributed by atoms with E-state index in [0.29, 0.717) is 17.7 Å². The van der Waals surface area contributed by atoms with E-state index in [1.54, 1.807) is 49.4 Å². The lowest BCUT2D eigenvalue weighted by Gasteiger charge is -2.31. The van der Waals surface area contributed by atoms with Gasteiger partial charge in [-0.25, -0.2) is 9.37 Å². The third-order valence-corrected chi connectivity index (χ3v) is 5.98. The summed E-state index contributed by atoms with van der Waals surface area (Å²) in [6, 6.07) is 17.0. The topological polar surface area (TPSA) is 84.2 Å². The van der Waals surface area contributed by atoms with Gasteiger partial charge in [0.2, 0.25) is 12.7 Å². The summed E-state index contributed by atoms with van der Waals surface area (Å²) >= 11 is 0. The van der Waals surface area contributed by atoms with Gasteiger partial charge in [-0.2, -0.15) is 18.4 Å². The highest BCUT2D eigenvalue weighted by molar-refractivity contribution is 5.85. The first-order chi connectivity index (χ1) is 17.9. The highest BCUT2D eigenvalue weighted by Gasteiger charge is 2.35. The molecule has 0 aliphatic carbocycles. The Labute approximate surface area is 218 Å². The fourth-order valence-corrected chi connectivity index (χ4v) is 3.89. The first-order valence-electron chi connectivity index (χ1n) is 11.7. The molecule has 2 unspecified atom stereocenters. The number of nitrogens with one attached hydrogen (secondary N) is 1. The monoisotopic (exact) mass is 529 g/mol. The second-order valence-corrected chi connectivity index (χ2v) is 9.20. The Morgan fingerprint density at radius 3 is 2.45 bits per heavy atom. The maximum atomic E-state index is 13.2. The molecule has 0 saturated heterocycles. The van der Waals surface area contributed by atoms with Crippen molar-refractivity contribution in [2.24, 2.45) is 0 Å². The molecule has 6 nitrogen and oxygen atoms in total. The van der Waals surface area contributed by atoms with E-state index in [1.165, 1.54) is 13.8 Å². The minimum absolute atomic E-state index is 0.289. The van der Waals surface area contributed by atoms with Gasteiger partial charge in [0.1, 0.15) is 5.75 Å². The standard InChI is InChI=1S/C28H27F4N3O3/c1-18(35-26(36)27(2,3)38-25-15-22(11-12-34-25)28(30,31)32)24(21-6-4-5-20(13-21)16-33)14-19-7-9-23(10-8-19)37-17-29/h4-13,15,18,24H,14,17H2,1-3H3,(H,35,36). The number of halogens is 4. The van der Waals surface area contributed by atoms with Crippen LogP contribution in [0.4, 0.5) is 17.6 Å². The number of amides is 1. The van der Waals surface area contributed by atoms with Crippen LogP contribution in [0, 0.1) is 11.3 Å². The molecule has 38 heavy (non-hydrogen) atoms. The van der Waals surface area contributed by atoms with Gasteiger partial charge in [-0.05, 0) is 68.7 Å². The number of alkyl halides is 4. The van der Waals surface area contributed by atoms with Gasteiger partial charge in [-0.3, -0.25) is 4.79 Å². The number of pyridine rings is 1. The highest BCUT2D eigenvalue weighted by Crippen LogP contribution is 2.32. The molecule has 0 spiro atoms. The molecule has 1 N–H and O–H groups in total. The van der Waals surface area contributed by atoms with Gasteiger partial charge in [-0.1, -0.05) is 24.3 Å². The van der Waals surface area contributed by atoms with Crippen LogP contribution in [-0.2, 0) is 17.4 Å². The SMILES string of the molecule is CC(NC(=O)C(C)(C)Oc1cc(C(F)(F)F)ccn1)C(Cc1ccc(OCF)cc1)c1cccc(C#N)c1. The average Bonchev–Trinajstić information content (AvgIpc) is 2.87. The quantitative estimate of drug-likeness (QED) is 0.328. The summed E-state index contributed by atoms with van der Waals surface area (Å²) in [5.74, 6) is -0.802. The largest absolute Gasteiger partial charge is 0.463 e. The van der Waals surface area contributed by atoms with Crippen LogP contribution in [0.3, 0.4) is 0 Å². The maximum Gasteiger partial charge on any atom is 0.416 e. The van der Waals surface area contributed by atoms with Crippen molar-refractivity contribution in [2.45, 2.75) is 50.9 Å². The molecule has 0 bridgehead atoms. The van der Waals surface area contributed by atoms with E-state index < -0.39 is 36.2 Å². The first-order valence-corrected chi connectivity index (χ1v) is 11.7. The number of carbonyl (C=O) groups is 1. The Morgan fingerprint density at radius 1 is 1.11 bits per heavy atom. The Balaban J connectivity index is 1.81. The fourth-order valence-electron chi connectivity index (χ4n) is 3.89. The first kappa shape index (κ1) is 28.4. The molecule has 200 valence electrons. The number of hydrogen-bond donors (Lipinski definition) is 1. The molecule has 0 aliphatic rings. The lowest BCUT2D eigenvalue weighted by atomic mass is 9.85. The molecule has 2 atom stereocenters.